The van der Waals surface area contributed by atoms with Crippen molar-refractivity contribution in [3.63, 3.8) is 0 Å². The third kappa shape index (κ3) is 5.33. The first kappa shape index (κ1) is 23.6. The van der Waals surface area contributed by atoms with Crippen LogP contribution in [0.2, 0.25) is 0 Å². The molecule has 1 atom stereocenters. The largest absolute Gasteiger partial charge is 0.480 e. The summed E-state index contributed by atoms with van der Waals surface area (Å²) in [6.45, 7) is 0.439. The van der Waals surface area contributed by atoms with Crippen molar-refractivity contribution >= 4 is 18.0 Å². The van der Waals surface area contributed by atoms with Gasteiger partial charge in [-0.25, -0.2) is 9.59 Å². The predicted molar refractivity (Wildman–Crippen MR) is 131 cm³/mol. The highest BCUT2D eigenvalue weighted by Gasteiger charge is 2.29. The minimum absolute atomic E-state index is 0.0185. The standard InChI is InChI=1S/C28H24N2O5/c1-2-7-25(27(32)33)30-26(31)19-14-12-18(13-15-19)16-29-28(34)35-17-24-22-10-5-3-8-20(22)21-9-4-6-11-23(21)24/h1,3-6,8-15,24-25H,7,16-17H2,(H,29,34)(H,30,31)(H,32,33). The number of rotatable bonds is 8. The Morgan fingerprint density at radius 3 is 2.11 bits per heavy atom. The van der Waals surface area contributed by atoms with E-state index >= 15 is 0 Å². The molecule has 0 saturated heterocycles. The fraction of sp³-hybridized carbons (Fsp3) is 0.179. The zero-order chi connectivity index (χ0) is 24.8. The minimum atomic E-state index is -1.19. The van der Waals surface area contributed by atoms with Crippen LogP contribution in [0.15, 0.2) is 72.8 Å². The van der Waals surface area contributed by atoms with Crippen LogP contribution in [0, 0.1) is 12.3 Å². The molecule has 35 heavy (non-hydrogen) atoms. The van der Waals surface area contributed by atoms with Crippen LogP contribution in [-0.4, -0.2) is 35.7 Å². The Hall–Kier alpha value is -4.57. The van der Waals surface area contributed by atoms with Crippen molar-refractivity contribution in [2.45, 2.75) is 24.9 Å². The summed E-state index contributed by atoms with van der Waals surface area (Å²) in [5.41, 5.74) is 5.66. The van der Waals surface area contributed by atoms with Crippen LogP contribution in [0.4, 0.5) is 4.79 Å². The van der Waals surface area contributed by atoms with Crippen molar-refractivity contribution in [2.24, 2.45) is 0 Å². The number of carbonyl (C=O) groups is 3. The summed E-state index contributed by atoms with van der Waals surface area (Å²) in [7, 11) is 0. The highest BCUT2D eigenvalue weighted by molar-refractivity contribution is 5.96. The lowest BCUT2D eigenvalue weighted by Crippen LogP contribution is -2.40. The predicted octanol–water partition coefficient (Wildman–Crippen LogP) is 3.93. The number of amides is 2. The molecular weight excluding hydrogens is 444 g/mol. The molecule has 1 aliphatic carbocycles. The minimum Gasteiger partial charge on any atom is -0.480 e. The molecule has 0 heterocycles. The van der Waals surface area contributed by atoms with Crippen LogP contribution >= 0.6 is 0 Å². The number of aliphatic carboxylic acids is 1. The van der Waals surface area contributed by atoms with Gasteiger partial charge in [-0.2, -0.15) is 0 Å². The maximum absolute atomic E-state index is 12.3. The van der Waals surface area contributed by atoms with E-state index in [-0.39, 0.29) is 31.1 Å². The van der Waals surface area contributed by atoms with Gasteiger partial charge < -0.3 is 20.5 Å². The number of hydrogen-bond donors (Lipinski definition) is 3. The van der Waals surface area contributed by atoms with E-state index in [1.807, 2.05) is 24.3 Å². The molecule has 0 fully saturated rings. The van der Waals surface area contributed by atoms with E-state index in [2.05, 4.69) is 40.8 Å². The van der Waals surface area contributed by atoms with E-state index in [9.17, 15) is 14.4 Å². The molecule has 3 aromatic rings. The Morgan fingerprint density at radius 1 is 0.943 bits per heavy atom. The average molecular weight is 469 g/mol. The Kier molecular flexibility index (Phi) is 7.12. The van der Waals surface area contributed by atoms with E-state index in [0.717, 1.165) is 27.8 Å². The van der Waals surface area contributed by atoms with Gasteiger partial charge in [0.05, 0.1) is 0 Å². The van der Waals surface area contributed by atoms with Crippen LogP contribution in [0.25, 0.3) is 11.1 Å². The van der Waals surface area contributed by atoms with Crippen molar-refractivity contribution in [2.75, 3.05) is 6.61 Å². The molecule has 7 nitrogen and oxygen atoms in total. The summed E-state index contributed by atoms with van der Waals surface area (Å²) in [5.74, 6) is 0.482. The van der Waals surface area contributed by atoms with E-state index in [1.165, 1.54) is 0 Å². The van der Waals surface area contributed by atoms with Gasteiger partial charge >= 0.3 is 12.1 Å². The molecule has 0 aliphatic heterocycles. The second-order valence-corrected chi connectivity index (χ2v) is 8.15. The fourth-order valence-electron chi connectivity index (χ4n) is 4.16. The molecule has 7 heteroatoms. The molecular formula is C28H24N2O5. The summed E-state index contributed by atoms with van der Waals surface area (Å²) < 4.78 is 5.53. The van der Waals surface area contributed by atoms with Gasteiger partial charge in [0, 0.05) is 24.4 Å². The number of carboxylic acids is 1. The van der Waals surface area contributed by atoms with Crippen LogP contribution in [0.5, 0.6) is 0 Å². The number of nitrogens with one attached hydrogen (secondary N) is 2. The molecule has 0 spiro atoms. The van der Waals surface area contributed by atoms with Crippen molar-refractivity contribution in [3.8, 4) is 23.5 Å². The normalized spacial score (nSPS) is 12.5. The first-order valence-corrected chi connectivity index (χ1v) is 11.1. The Morgan fingerprint density at radius 2 is 1.54 bits per heavy atom. The zero-order valence-corrected chi connectivity index (χ0v) is 18.9. The third-order valence-electron chi connectivity index (χ3n) is 5.92. The molecule has 0 radical (unpaired) electrons. The maximum Gasteiger partial charge on any atom is 0.407 e. The lowest BCUT2D eigenvalue weighted by atomic mass is 9.98. The number of carboxylic acid groups (broad SMARTS) is 1. The quantitative estimate of drug-likeness (QED) is 0.435. The molecule has 1 unspecified atom stereocenters. The molecule has 4 rings (SSSR count). The van der Waals surface area contributed by atoms with Gasteiger partial charge in [-0.15, -0.1) is 12.3 Å². The number of alkyl carbamates (subject to hydrolysis) is 1. The van der Waals surface area contributed by atoms with E-state index in [0.29, 0.717) is 0 Å². The van der Waals surface area contributed by atoms with E-state index in [1.54, 1.807) is 24.3 Å². The van der Waals surface area contributed by atoms with Gasteiger partial charge in [0.1, 0.15) is 12.6 Å². The number of fused-ring (bicyclic) bond motifs is 3. The highest BCUT2D eigenvalue weighted by atomic mass is 16.5. The molecule has 1 aliphatic rings. The van der Waals surface area contributed by atoms with Crippen LogP contribution in [0.3, 0.4) is 0 Å². The van der Waals surface area contributed by atoms with Gasteiger partial charge in [0.15, 0.2) is 0 Å². The van der Waals surface area contributed by atoms with E-state index in [4.69, 9.17) is 16.3 Å². The second-order valence-electron chi connectivity index (χ2n) is 8.15. The molecule has 3 aromatic carbocycles. The Balaban J connectivity index is 1.30. The smallest absolute Gasteiger partial charge is 0.407 e. The van der Waals surface area contributed by atoms with Crippen molar-refractivity contribution < 1.29 is 24.2 Å². The van der Waals surface area contributed by atoms with Crippen molar-refractivity contribution in [1.29, 1.82) is 0 Å². The summed E-state index contributed by atoms with van der Waals surface area (Å²) >= 11 is 0. The van der Waals surface area contributed by atoms with E-state index < -0.39 is 24.0 Å². The first-order chi connectivity index (χ1) is 17.0. The number of carbonyl (C=O) groups excluding carboxylic acids is 2. The van der Waals surface area contributed by atoms with Gasteiger partial charge in [-0.05, 0) is 39.9 Å². The average Bonchev–Trinajstić information content (AvgIpc) is 3.20. The SMILES string of the molecule is C#CCC(NC(=O)c1ccc(CNC(=O)OCC2c3ccccc3-c3ccccc32)cc1)C(=O)O. The second kappa shape index (κ2) is 10.6. The van der Waals surface area contributed by atoms with Crippen LogP contribution in [0.1, 0.15) is 39.4 Å². The fourth-order valence-corrected chi connectivity index (χ4v) is 4.16. The first-order valence-electron chi connectivity index (χ1n) is 11.1. The number of hydrogen-bond acceptors (Lipinski definition) is 4. The topological polar surface area (TPSA) is 105 Å². The van der Waals surface area contributed by atoms with Crippen LogP contribution < -0.4 is 10.6 Å². The summed E-state index contributed by atoms with van der Waals surface area (Å²) in [6.07, 6.45) is 4.51. The molecule has 176 valence electrons. The van der Waals surface area contributed by atoms with Gasteiger partial charge in [0.25, 0.3) is 5.91 Å². The van der Waals surface area contributed by atoms with Crippen molar-refractivity contribution in [1.82, 2.24) is 10.6 Å². The molecule has 0 saturated carbocycles. The lowest BCUT2D eigenvalue weighted by molar-refractivity contribution is -0.139. The number of ether oxygens (including phenoxy) is 1. The molecule has 3 N–H and O–H groups in total. The van der Waals surface area contributed by atoms with Crippen molar-refractivity contribution in [3.05, 3.63) is 95.1 Å². The van der Waals surface area contributed by atoms with Crippen LogP contribution in [-0.2, 0) is 16.1 Å². The summed E-state index contributed by atoms with van der Waals surface area (Å²) in [6, 6.07) is 21.6. The molecule has 0 aromatic heterocycles. The molecule has 2 amide bonds. The summed E-state index contributed by atoms with van der Waals surface area (Å²) in [4.78, 5) is 35.8. The van der Waals surface area contributed by atoms with Gasteiger partial charge in [-0.1, -0.05) is 60.7 Å². The zero-order valence-electron chi connectivity index (χ0n) is 18.9. The number of benzene rings is 3. The Bertz CT molecular complexity index is 1250. The highest BCUT2D eigenvalue weighted by Crippen LogP contribution is 2.44. The number of terminal acetylenes is 1. The molecule has 0 bridgehead atoms. The maximum atomic E-state index is 12.3. The van der Waals surface area contributed by atoms with Gasteiger partial charge in [0.2, 0.25) is 0 Å². The third-order valence-corrected chi connectivity index (χ3v) is 5.92. The summed E-state index contributed by atoms with van der Waals surface area (Å²) in [5, 5.41) is 14.2. The van der Waals surface area contributed by atoms with Gasteiger partial charge in [-0.3, -0.25) is 4.79 Å². The monoisotopic (exact) mass is 468 g/mol. The lowest BCUT2D eigenvalue weighted by Gasteiger charge is -2.15. The Labute approximate surface area is 203 Å².